The summed E-state index contributed by atoms with van der Waals surface area (Å²) in [6, 6.07) is 64.0. The monoisotopic (exact) mass is 760 g/mol. The summed E-state index contributed by atoms with van der Waals surface area (Å²) in [6.45, 7) is 13.7. The number of fused-ring (bicyclic) bond motifs is 9. The molecule has 8 aromatic carbocycles. The molecule has 10 aromatic rings. The summed E-state index contributed by atoms with van der Waals surface area (Å²) >= 11 is 0. The molecule has 0 fully saturated rings. The first-order valence-corrected chi connectivity index (χ1v) is 21.0. The number of rotatable bonds is 4. The zero-order valence-electron chi connectivity index (χ0n) is 34.8. The molecule has 0 bridgehead atoms. The van der Waals surface area contributed by atoms with Gasteiger partial charge in [0.1, 0.15) is 0 Å². The summed E-state index contributed by atoms with van der Waals surface area (Å²) in [5.41, 5.74) is 20.6. The van der Waals surface area contributed by atoms with Crippen molar-refractivity contribution in [2.24, 2.45) is 0 Å². The molecule has 59 heavy (non-hydrogen) atoms. The Hall–Kier alpha value is -6.64. The summed E-state index contributed by atoms with van der Waals surface area (Å²) in [5, 5.41) is 5.11. The van der Waals surface area contributed by atoms with E-state index in [1.165, 1.54) is 111 Å². The van der Waals surface area contributed by atoms with Crippen LogP contribution in [0.2, 0.25) is 0 Å². The van der Waals surface area contributed by atoms with Crippen LogP contribution < -0.4 is 0 Å². The number of benzene rings is 8. The van der Waals surface area contributed by atoms with E-state index in [0.29, 0.717) is 0 Å². The van der Waals surface area contributed by atoms with E-state index in [-0.39, 0.29) is 10.8 Å². The van der Waals surface area contributed by atoms with Crippen LogP contribution in [0.1, 0.15) is 63.8 Å². The van der Waals surface area contributed by atoms with Crippen LogP contribution in [0.15, 0.2) is 170 Å². The van der Waals surface area contributed by atoms with Gasteiger partial charge in [0.15, 0.2) is 0 Å². The summed E-state index contributed by atoms with van der Waals surface area (Å²) in [6.07, 6.45) is 0.964. The van der Waals surface area contributed by atoms with Gasteiger partial charge < -0.3 is 9.13 Å². The van der Waals surface area contributed by atoms with E-state index in [4.69, 9.17) is 0 Å². The molecule has 0 N–H and O–H groups in total. The second-order valence-corrected chi connectivity index (χ2v) is 18.7. The van der Waals surface area contributed by atoms with Crippen molar-refractivity contribution in [3.05, 3.63) is 192 Å². The van der Waals surface area contributed by atoms with Gasteiger partial charge >= 0.3 is 0 Å². The second-order valence-electron chi connectivity index (χ2n) is 18.7. The molecular formula is C57H48N2. The second kappa shape index (κ2) is 12.9. The third-order valence-electron chi connectivity index (χ3n) is 12.8. The fraction of sp³-hybridized carbons (Fsp3) is 0.158. The third-order valence-corrected chi connectivity index (χ3v) is 12.8. The van der Waals surface area contributed by atoms with E-state index in [1.54, 1.807) is 0 Å². The predicted molar refractivity (Wildman–Crippen MR) is 252 cm³/mol. The zero-order chi connectivity index (χ0) is 40.2. The third kappa shape index (κ3) is 5.76. The SMILES string of the molecule is CC(C)(C)c1cccc(-n2c3ccccc3c3cc(-c4ccc5c(c4)-c4cc(-c6ccc7c(c6)c6ccccc6n7-c6cccc(C(C)(C)C)c6)ccc4C5)ccc32)c1. The quantitative estimate of drug-likeness (QED) is 0.169. The lowest BCUT2D eigenvalue weighted by molar-refractivity contribution is 0.589. The van der Waals surface area contributed by atoms with Gasteiger partial charge in [0.05, 0.1) is 22.1 Å². The van der Waals surface area contributed by atoms with Crippen LogP contribution in [-0.4, -0.2) is 9.13 Å². The molecule has 1 aliphatic rings. The summed E-state index contributed by atoms with van der Waals surface area (Å²) < 4.78 is 4.87. The Morgan fingerprint density at radius 2 is 0.729 bits per heavy atom. The molecule has 0 aliphatic heterocycles. The average Bonchev–Trinajstić information content (AvgIpc) is 3.89. The lowest BCUT2D eigenvalue weighted by atomic mass is 9.87. The highest BCUT2D eigenvalue weighted by atomic mass is 15.0. The summed E-state index contributed by atoms with van der Waals surface area (Å²) in [4.78, 5) is 0. The first-order valence-electron chi connectivity index (χ1n) is 21.0. The highest BCUT2D eigenvalue weighted by Crippen LogP contribution is 2.43. The highest BCUT2D eigenvalue weighted by molar-refractivity contribution is 6.11. The van der Waals surface area contributed by atoms with Gasteiger partial charge in [-0.25, -0.2) is 0 Å². The van der Waals surface area contributed by atoms with Gasteiger partial charge in [-0.1, -0.05) is 139 Å². The molecule has 2 aromatic heterocycles. The normalized spacial score (nSPS) is 12.8. The predicted octanol–water partition coefficient (Wildman–Crippen LogP) is 15.4. The maximum atomic E-state index is 2.43. The Kier molecular flexibility index (Phi) is 7.79. The van der Waals surface area contributed by atoms with Crippen molar-refractivity contribution in [1.29, 1.82) is 0 Å². The minimum Gasteiger partial charge on any atom is -0.309 e. The van der Waals surface area contributed by atoms with Gasteiger partial charge in [-0.05, 0) is 146 Å². The molecule has 0 radical (unpaired) electrons. The Balaban J connectivity index is 0.988. The maximum Gasteiger partial charge on any atom is 0.0541 e. The van der Waals surface area contributed by atoms with Gasteiger partial charge in [0.25, 0.3) is 0 Å². The highest BCUT2D eigenvalue weighted by Gasteiger charge is 2.23. The standard InChI is InChI=1S/C57H48N2/c1-56(2,3)42-13-11-15-44(34-42)58-52-19-9-7-17-46(52)50-32-38(25-27-54(50)58)36-21-23-40-29-41-24-22-37(31-49(41)48(40)30-36)39-26-28-55-51(33-39)47-18-8-10-20-53(47)59(55)45-16-12-14-43(35-45)57(4,5)6/h7-28,30-35H,29H2,1-6H3. The van der Waals surface area contributed by atoms with Gasteiger partial charge in [0, 0.05) is 32.9 Å². The number of hydrogen-bond donors (Lipinski definition) is 0. The molecule has 0 spiro atoms. The first-order chi connectivity index (χ1) is 28.5. The lowest BCUT2D eigenvalue weighted by Crippen LogP contribution is -2.11. The van der Waals surface area contributed by atoms with Crippen molar-refractivity contribution in [3.8, 4) is 44.8 Å². The molecule has 2 heteroatoms. The van der Waals surface area contributed by atoms with Gasteiger partial charge in [-0.3, -0.25) is 0 Å². The van der Waals surface area contributed by atoms with Gasteiger partial charge in [-0.15, -0.1) is 0 Å². The van der Waals surface area contributed by atoms with Crippen LogP contribution in [0.3, 0.4) is 0 Å². The summed E-state index contributed by atoms with van der Waals surface area (Å²) in [5.74, 6) is 0. The number of aromatic nitrogens is 2. The van der Waals surface area contributed by atoms with E-state index in [0.717, 1.165) is 6.42 Å². The number of nitrogens with zero attached hydrogens (tertiary/aromatic N) is 2. The maximum absolute atomic E-state index is 2.43. The largest absolute Gasteiger partial charge is 0.309 e. The molecule has 2 nitrogen and oxygen atoms in total. The van der Waals surface area contributed by atoms with Crippen LogP contribution >= 0.6 is 0 Å². The molecule has 0 unspecified atom stereocenters. The smallest absolute Gasteiger partial charge is 0.0541 e. The van der Waals surface area contributed by atoms with Crippen LogP contribution in [0.5, 0.6) is 0 Å². The molecule has 0 saturated heterocycles. The van der Waals surface area contributed by atoms with E-state index in [2.05, 4.69) is 221 Å². The molecule has 286 valence electrons. The minimum absolute atomic E-state index is 0.0731. The first kappa shape index (κ1) is 35.5. The molecule has 2 heterocycles. The van der Waals surface area contributed by atoms with Crippen LogP contribution in [-0.2, 0) is 17.3 Å². The van der Waals surface area contributed by atoms with Crippen molar-refractivity contribution in [3.63, 3.8) is 0 Å². The zero-order valence-corrected chi connectivity index (χ0v) is 34.8. The molecular weight excluding hydrogens is 713 g/mol. The van der Waals surface area contributed by atoms with Crippen molar-refractivity contribution in [1.82, 2.24) is 9.13 Å². The average molecular weight is 761 g/mol. The van der Waals surface area contributed by atoms with E-state index >= 15 is 0 Å². The Bertz CT molecular complexity index is 3090. The number of hydrogen-bond acceptors (Lipinski definition) is 0. The summed E-state index contributed by atoms with van der Waals surface area (Å²) in [7, 11) is 0. The fourth-order valence-electron chi connectivity index (χ4n) is 9.61. The molecule has 0 atom stereocenters. The Morgan fingerprint density at radius 1 is 0.339 bits per heavy atom. The molecule has 0 saturated carbocycles. The minimum atomic E-state index is 0.0731. The van der Waals surface area contributed by atoms with Crippen molar-refractivity contribution < 1.29 is 0 Å². The topological polar surface area (TPSA) is 9.86 Å². The molecule has 11 rings (SSSR count). The van der Waals surface area contributed by atoms with Crippen LogP contribution in [0, 0.1) is 0 Å². The van der Waals surface area contributed by atoms with E-state index in [9.17, 15) is 0 Å². The van der Waals surface area contributed by atoms with Gasteiger partial charge in [0.2, 0.25) is 0 Å². The van der Waals surface area contributed by atoms with Crippen molar-refractivity contribution in [2.75, 3.05) is 0 Å². The lowest BCUT2D eigenvalue weighted by Gasteiger charge is -2.20. The van der Waals surface area contributed by atoms with Crippen molar-refractivity contribution >= 4 is 43.6 Å². The van der Waals surface area contributed by atoms with Crippen molar-refractivity contribution in [2.45, 2.75) is 58.8 Å². The van der Waals surface area contributed by atoms with E-state index < -0.39 is 0 Å². The molecule has 1 aliphatic carbocycles. The van der Waals surface area contributed by atoms with E-state index in [1.807, 2.05) is 0 Å². The number of para-hydroxylation sites is 2. The van der Waals surface area contributed by atoms with Gasteiger partial charge in [-0.2, -0.15) is 0 Å². The van der Waals surface area contributed by atoms with Crippen LogP contribution in [0.25, 0.3) is 88.4 Å². The molecule has 0 amide bonds. The Morgan fingerprint density at radius 3 is 1.17 bits per heavy atom. The Labute approximate surface area is 347 Å². The van der Waals surface area contributed by atoms with Crippen LogP contribution in [0.4, 0.5) is 0 Å². The fourth-order valence-corrected chi connectivity index (χ4v) is 9.61.